The number of halogens is 1. The summed E-state index contributed by atoms with van der Waals surface area (Å²) >= 11 is 5.38. The van der Waals surface area contributed by atoms with Gasteiger partial charge in [-0.05, 0) is 53.0 Å². The van der Waals surface area contributed by atoms with Gasteiger partial charge in [0, 0.05) is 17.3 Å². The van der Waals surface area contributed by atoms with Gasteiger partial charge < -0.3 is 5.32 Å². The molecule has 0 saturated heterocycles. The third-order valence-corrected chi connectivity index (χ3v) is 4.81. The highest BCUT2D eigenvalue weighted by Crippen LogP contribution is 2.27. The molecule has 1 atom stereocenters. The molecular weight excluding hydrogens is 318 g/mol. The minimum absolute atomic E-state index is 0.554. The second kappa shape index (κ2) is 7.83. The molecule has 1 N–H and O–H groups in total. The van der Waals surface area contributed by atoms with Crippen LogP contribution in [0.4, 0.5) is 0 Å². The zero-order valence-electron chi connectivity index (χ0n) is 11.2. The van der Waals surface area contributed by atoms with Crippen LogP contribution in [0.5, 0.6) is 0 Å². The van der Waals surface area contributed by atoms with Crippen molar-refractivity contribution < 1.29 is 0 Å². The number of hydrogen-bond donors (Lipinski definition) is 1. The van der Waals surface area contributed by atoms with Crippen molar-refractivity contribution in [3.63, 3.8) is 0 Å². The molecule has 0 bridgehead atoms. The Kier molecular flexibility index (Phi) is 6.08. The Morgan fingerprint density at radius 2 is 1.95 bits per heavy atom. The summed E-state index contributed by atoms with van der Waals surface area (Å²) in [7, 11) is 0. The lowest BCUT2D eigenvalue weighted by Crippen LogP contribution is -2.23. The van der Waals surface area contributed by atoms with Crippen LogP contribution in [0.3, 0.4) is 0 Å². The van der Waals surface area contributed by atoms with E-state index in [9.17, 15) is 0 Å². The van der Waals surface area contributed by atoms with Crippen molar-refractivity contribution >= 4 is 27.3 Å². The van der Waals surface area contributed by atoms with Crippen LogP contribution in [-0.4, -0.2) is 13.1 Å². The lowest BCUT2D eigenvalue weighted by Gasteiger charge is -2.17. The van der Waals surface area contributed by atoms with Crippen LogP contribution in [0.2, 0.25) is 0 Å². The molecule has 19 heavy (non-hydrogen) atoms. The summed E-state index contributed by atoms with van der Waals surface area (Å²) in [6.07, 6.45) is 2.29. The summed E-state index contributed by atoms with van der Waals surface area (Å²) in [4.78, 5) is 1.44. The summed E-state index contributed by atoms with van der Waals surface area (Å²) in [6, 6.07) is 15.2. The molecule has 0 amide bonds. The minimum atomic E-state index is 0.554. The largest absolute Gasteiger partial charge is 0.316 e. The van der Waals surface area contributed by atoms with Crippen molar-refractivity contribution in [3.05, 3.63) is 56.7 Å². The average Bonchev–Trinajstić information content (AvgIpc) is 2.84. The molecule has 2 aromatic rings. The quantitative estimate of drug-likeness (QED) is 0.713. The highest BCUT2D eigenvalue weighted by molar-refractivity contribution is 9.11. The molecular formula is C16H20BrNS. The molecule has 0 spiro atoms. The van der Waals surface area contributed by atoms with E-state index < -0.39 is 0 Å². The van der Waals surface area contributed by atoms with E-state index in [0.717, 1.165) is 19.5 Å². The van der Waals surface area contributed by atoms with Crippen LogP contribution >= 0.6 is 27.3 Å². The van der Waals surface area contributed by atoms with Crippen molar-refractivity contribution in [2.24, 2.45) is 0 Å². The van der Waals surface area contributed by atoms with E-state index >= 15 is 0 Å². The molecule has 2 rings (SSSR count). The second-order valence-corrected chi connectivity index (χ2v) is 7.27. The van der Waals surface area contributed by atoms with Crippen molar-refractivity contribution in [1.29, 1.82) is 0 Å². The van der Waals surface area contributed by atoms with Gasteiger partial charge in [-0.25, -0.2) is 0 Å². The lowest BCUT2D eigenvalue weighted by molar-refractivity contribution is 0.579. The van der Waals surface area contributed by atoms with Gasteiger partial charge in [0.05, 0.1) is 3.79 Å². The Morgan fingerprint density at radius 3 is 2.58 bits per heavy atom. The molecule has 0 aliphatic rings. The fraction of sp³-hybridized carbons (Fsp3) is 0.375. The van der Waals surface area contributed by atoms with Gasteiger partial charge in [-0.2, -0.15) is 0 Å². The van der Waals surface area contributed by atoms with Crippen LogP contribution in [-0.2, 0) is 6.42 Å². The van der Waals surface area contributed by atoms with Gasteiger partial charge in [0.15, 0.2) is 0 Å². The predicted molar refractivity (Wildman–Crippen MR) is 88.1 cm³/mol. The van der Waals surface area contributed by atoms with E-state index in [1.807, 2.05) is 11.3 Å². The molecule has 1 aromatic carbocycles. The zero-order valence-corrected chi connectivity index (χ0v) is 13.6. The van der Waals surface area contributed by atoms with E-state index in [1.165, 1.54) is 20.6 Å². The Bertz CT molecular complexity index is 481. The summed E-state index contributed by atoms with van der Waals surface area (Å²) in [5, 5.41) is 3.55. The van der Waals surface area contributed by atoms with Crippen LogP contribution < -0.4 is 5.32 Å². The van der Waals surface area contributed by atoms with Crippen LogP contribution in [0.1, 0.15) is 29.7 Å². The number of thiophene rings is 1. The monoisotopic (exact) mass is 337 g/mol. The van der Waals surface area contributed by atoms with Gasteiger partial charge in [-0.15, -0.1) is 11.3 Å². The predicted octanol–water partition coefficient (Wildman–Crippen LogP) is 4.84. The Hall–Kier alpha value is -0.640. The first kappa shape index (κ1) is 14.8. The number of benzene rings is 1. The maximum absolute atomic E-state index is 3.55. The summed E-state index contributed by atoms with van der Waals surface area (Å²) in [5.41, 5.74) is 1.43. The molecule has 102 valence electrons. The Balaban J connectivity index is 2.05. The molecule has 1 unspecified atom stereocenters. The number of nitrogens with one attached hydrogen (secondary N) is 1. The van der Waals surface area contributed by atoms with E-state index in [0.29, 0.717) is 5.92 Å². The summed E-state index contributed by atoms with van der Waals surface area (Å²) in [6.45, 7) is 4.35. The van der Waals surface area contributed by atoms with E-state index in [-0.39, 0.29) is 0 Å². The molecule has 0 aliphatic heterocycles. The number of hydrogen-bond acceptors (Lipinski definition) is 2. The normalized spacial score (nSPS) is 12.5. The highest BCUT2D eigenvalue weighted by Gasteiger charge is 2.13. The van der Waals surface area contributed by atoms with E-state index in [4.69, 9.17) is 0 Å². The molecule has 0 aliphatic carbocycles. The highest BCUT2D eigenvalue weighted by atomic mass is 79.9. The Morgan fingerprint density at radius 1 is 1.16 bits per heavy atom. The van der Waals surface area contributed by atoms with Gasteiger partial charge >= 0.3 is 0 Å². The van der Waals surface area contributed by atoms with Crippen molar-refractivity contribution in [2.75, 3.05) is 13.1 Å². The molecule has 1 heterocycles. The molecule has 0 radical (unpaired) electrons. The van der Waals surface area contributed by atoms with Crippen LogP contribution in [0.15, 0.2) is 46.3 Å². The van der Waals surface area contributed by atoms with Crippen molar-refractivity contribution in [3.8, 4) is 0 Å². The molecule has 0 fully saturated rings. The smallest absolute Gasteiger partial charge is 0.0701 e. The standard InChI is InChI=1S/C16H20BrNS/c1-2-10-18-12-14(13-6-4-3-5-7-13)11-15-8-9-16(17)19-15/h3-9,14,18H,2,10-12H2,1H3. The zero-order chi connectivity index (χ0) is 13.5. The molecule has 3 heteroatoms. The average molecular weight is 338 g/mol. The molecule has 1 nitrogen and oxygen atoms in total. The maximum atomic E-state index is 3.55. The first-order valence-electron chi connectivity index (χ1n) is 6.79. The maximum Gasteiger partial charge on any atom is 0.0701 e. The fourth-order valence-corrected chi connectivity index (χ4v) is 3.75. The molecule has 1 aromatic heterocycles. The van der Waals surface area contributed by atoms with Gasteiger partial charge in [0.2, 0.25) is 0 Å². The third kappa shape index (κ3) is 4.75. The molecule has 0 saturated carbocycles. The van der Waals surface area contributed by atoms with E-state index in [1.54, 1.807) is 0 Å². The lowest BCUT2D eigenvalue weighted by atomic mass is 9.95. The SMILES string of the molecule is CCCNCC(Cc1ccc(Br)s1)c1ccccc1. The first-order valence-corrected chi connectivity index (χ1v) is 8.40. The second-order valence-electron chi connectivity index (χ2n) is 4.72. The van der Waals surface area contributed by atoms with Crippen LogP contribution in [0, 0.1) is 0 Å². The third-order valence-electron chi connectivity index (χ3n) is 3.16. The van der Waals surface area contributed by atoms with Gasteiger partial charge in [-0.1, -0.05) is 37.3 Å². The number of rotatable bonds is 7. The van der Waals surface area contributed by atoms with Gasteiger partial charge in [-0.3, -0.25) is 0 Å². The fourth-order valence-electron chi connectivity index (χ4n) is 2.19. The summed E-state index contributed by atoms with van der Waals surface area (Å²) in [5.74, 6) is 0.554. The topological polar surface area (TPSA) is 12.0 Å². The van der Waals surface area contributed by atoms with E-state index in [2.05, 4.69) is 70.6 Å². The van der Waals surface area contributed by atoms with Crippen molar-refractivity contribution in [1.82, 2.24) is 5.32 Å². The summed E-state index contributed by atoms with van der Waals surface area (Å²) < 4.78 is 1.22. The Labute approximate surface area is 128 Å². The van der Waals surface area contributed by atoms with Gasteiger partial charge in [0.1, 0.15) is 0 Å². The van der Waals surface area contributed by atoms with Gasteiger partial charge in [0.25, 0.3) is 0 Å². The van der Waals surface area contributed by atoms with Crippen LogP contribution in [0.25, 0.3) is 0 Å². The minimum Gasteiger partial charge on any atom is -0.316 e. The first-order chi connectivity index (χ1) is 9.29. The van der Waals surface area contributed by atoms with Crippen molar-refractivity contribution in [2.45, 2.75) is 25.7 Å².